The lowest BCUT2D eigenvalue weighted by Gasteiger charge is -2.06. The highest BCUT2D eigenvalue weighted by Crippen LogP contribution is 2.33. The Hall–Kier alpha value is -2.67. The van der Waals surface area contributed by atoms with Crippen molar-refractivity contribution >= 4 is 33.5 Å². The maximum Gasteiger partial charge on any atom is 0.269 e. The number of hydrogen-bond acceptors (Lipinski definition) is 5. The number of carbonyl (C=O) groups excluding carboxylic acids is 1. The van der Waals surface area contributed by atoms with E-state index in [4.69, 9.17) is 4.74 Å². The first-order chi connectivity index (χ1) is 10.9. The summed E-state index contributed by atoms with van der Waals surface area (Å²) in [7, 11) is 1.43. The lowest BCUT2D eigenvalue weighted by atomic mass is 10.1. The number of ketones is 1. The van der Waals surface area contributed by atoms with Crippen molar-refractivity contribution < 1.29 is 19.6 Å². The lowest BCUT2D eigenvalue weighted by molar-refractivity contribution is -0.384. The summed E-state index contributed by atoms with van der Waals surface area (Å²) in [6, 6.07) is 8.41. The summed E-state index contributed by atoms with van der Waals surface area (Å²) in [5, 5.41) is 20.2. The molecule has 23 heavy (non-hydrogen) atoms. The molecule has 0 aliphatic heterocycles. The Morgan fingerprint density at radius 2 is 1.96 bits per heavy atom. The molecule has 2 aromatic carbocycles. The van der Waals surface area contributed by atoms with Crippen LogP contribution in [-0.2, 0) is 0 Å². The SMILES string of the molecule is COc1cc(C=CC(=O)c2ccc([N+](=O)[O-])cc2)c(Br)cc1O. The largest absolute Gasteiger partial charge is 0.504 e. The molecule has 0 amide bonds. The third-order valence-electron chi connectivity index (χ3n) is 3.08. The molecule has 0 saturated carbocycles. The molecule has 0 unspecified atom stereocenters. The van der Waals surface area contributed by atoms with Gasteiger partial charge in [0.2, 0.25) is 0 Å². The van der Waals surface area contributed by atoms with E-state index in [1.54, 1.807) is 12.1 Å². The summed E-state index contributed by atoms with van der Waals surface area (Å²) in [5.74, 6) is -0.0207. The third kappa shape index (κ3) is 3.95. The lowest BCUT2D eigenvalue weighted by Crippen LogP contribution is -1.95. The van der Waals surface area contributed by atoms with Gasteiger partial charge in [-0.1, -0.05) is 15.9 Å². The number of hydrogen-bond donors (Lipinski definition) is 1. The number of aromatic hydroxyl groups is 1. The average Bonchev–Trinajstić information content (AvgIpc) is 2.54. The van der Waals surface area contributed by atoms with Crippen LogP contribution in [-0.4, -0.2) is 22.9 Å². The first-order valence-electron chi connectivity index (χ1n) is 6.45. The molecule has 0 aliphatic carbocycles. The van der Waals surface area contributed by atoms with Gasteiger partial charge in [-0.05, 0) is 42.0 Å². The monoisotopic (exact) mass is 377 g/mol. The fraction of sp³-hybridized carbons (Fsp3) is 0.0625. The van der Waals surface area contributed by atoms with E-state index >= 15 is 0 Å². The molecule has 0 fully saturated rings. The van der Waals surface area contributed by atoms with Crippen LogP contribution in [0, 0.1) is 10.1 Å². The number of carbonyl (C=O) groups is 1. The van der Waals surface area contributed by atoms with Crippen LogP contribution in [0.15, 0.2) is 46.9 Å². The molecule has 0 spiro atoms. The van der Waals surface area contributed by atoms with Gasteiger partial charge in [0.05, 0.1) is 12.0 Å². The normalized spacial score (nSPS) is 10.7. The summed E-state index contributed by atoms with van der Waals surface area (Å²) < 4.78 is 5.61. The van der Waals surface area contributed by atoms with Crippen LogP contribution in [0.5, 0.6) is 11.5 Å². The highest BCUT2D eigenvalue weighted by molar-refractivity contribution is 9.10. The average molecular weight is 378 g/mol. The summed E-state index contributed by atoms with van der Waals surface area (Å²) in [4.78, 5) is 22.1. The number of phenols is 1. The number of benzene rings is 2. The van der Waals surface area contributed by atoms with Crippen molar-refractivity contribution in [2.45, 2.75) is 0 Å². The van der Waals surface area contributed by atoms with Crippen LogP contribution in [0.3, 0.4) is 0 Å². The molecule has 2 aromatic rings. The number of nitro benzene ring substituents is 1. The Labute approximate surface area is 140 Å². The van der Waals surface area contributed by atoms with Gasteiger partial charge in [0.1, 0.15) is 0 Å². The number of rotatable bonds is 5. The molecule has 118 valence electrons. The smallest absolute Gasteiger partial charge is 0.269 e. The van der Waals surface area contributed by atoms with E-state index in [-0.39, 0.29) is 23.0 Å². The van der Waals surface area contributed by atoms with Crippen molar-refractivity contribution in [3.63, 3.8) is 0 Å². The minimum atomic E-state index is -0.524. The van der Waals surface area contributed by atoms with E-state index in [9.17, 15) is 20.0 Å². The Morgan fingerprint density at radius 3 is 2.52 bits per heavy atom. The van der Waals surface area contributed by atoms with Gasteiger partial charge in [0.15, 0.2) is 17.3 Å². The molecule has 7 heteroatoms. The summed E-state index contributed by atoms with van der Waals surface area (Å²) in [5.41, 5.74) is 0.917. The Bertz CT molecular complexity index is 784. The van der Waals surface area contributed by atoms with Crippen LogP contribution >= 0.6 is 15.9 Å². The molecule has 0 atom stereocenters. The van der Waals surface area contributed by atoms with Gasteiger partial charge in [0, 0.05) is 22.2 Å². The molecular formula is C16H12BrNO5. The zero-order chi connectivity index (χ0) is 17.0. The number of allylic oxidation sites excluding steroid dienone is 1. The van der Waals surface area contributed by atoms with Gasteiger partial charge in [-0.25, -0.2) is 0 Å². The quantitative estimate of drug-likeness (QED) is 0.368. The van der Waals surface area contributed by atoms with Crippen molar-refractivity contribution in [1.82, 2.24) is 0 Å². The number of non-ortho nitro benzene ring substituents is 1. The van der Waals surface area contributed by atoms with Crippen molar-refractivity contribution in [2.75, 3.05) is 7.11 Å². The standard InChI is InChI=1S/C16H12BrNO5/c1-23-16-8-11(13(17)9-15(16)20)4-7-14(19)10-2-5-12(6-3-10)18(21)22/h2-9,20H,1H3. The van der Waals surface area contributed by atoms with Gasteiger partial charge >= 0.3 is 0 Å². The van der Waals surface area contributed by atoms with Gasteiger partial charge < -0.3 is 9.84 Å². The molecule has 0 heterocycles. The molecule has 0 aromatic heterocycles. The Kier molecular flexibility index (Phi) is 5.13. The first-order valence-corrected chi connectivity index (χ1v) is 7.25. The van der Waals surface area contributed by atoms with E-state index in [0.29, 0.717) is 15.6 Å². The first kappa shape index (κ1) is 16.7. The topological polar surface area (TPSA) is 89.7 Å². The van der Waals surface area contributed by atoms with E-state index < -0.39 is 4.92 Å². The molecule has 6 nitrogen and oxygen atoms in total. The van der Waals surface area contributed by atoms with Crippen LogP contribution in [0.25, 0.3) is 6.08 Å². The van der Waals surface area contributed by atoms with Crippen molar-refractivity contribution in [2.24, 2.45) is 0 Å². The second-order valence-corrected chi connectivity index (χ2v) is 5.40. The fourth-order valence-corrected chi connectivity index (χ4v) is 2.32. The summed E-state index contributed by atoms with van der Waals surface area (Å²) in [6.07, 6.45) is 2.91. The van der Waals surface area contributed by atoms with E-state index in [1.165, 1.54) is 43.5 Å². The van der Waals surface area contributed by atoms with Crippen molar-refractivity contribution in [1.29, 1.82) is 0 Å². The predicted octanol–water partition coefficient (Wildman–Crippen LogP) is 3.97. The molecule has 0 aliphatic rings. The number of halogens is 1. The maximum absolute atomic E-state index is 12.1. The molecular weight excluding hydrogens is 366 g/mol. The predicted molar refractivity (Wildman–Crippen MR) is 88.8 cm³/mol. The summed E-state index contributed by atoms with van der Waals surface area (Å²) in [6.45, 7) is 0. The Balaban J connectivity index is 2.22. The highest BCUT2D eigenvalue weighted by atomic mass is 79.9. The van der Waals surface area contributed by atoms with Crippen LogP contribution < -0.4 is 4.74 Å². The minimum Gasteiger partial charge on any atom is -0.504 e. The van der Waals surface area contributed by atoms with Crippen molar-refractivity contribution in [3.05, 3.63) is 68.2 Å². The van der Waals surface area contributed by atoms with Gasteiger partial charge in [0.25, 0.3) is 5.69 Å². The molecule has 1 N–H and O–H groups in total. The van der Waals surface area contributed by atoms with Gasteiger partial charge in [-0.3, -0.25) is 14.9 Å². The van der Waals surface area contributed by atoms with E-state index in [2.05, 4.69) is 15.9 Å². The zero-order valence-corrected chi connectivity index (χ0v) is 13.6. The molecule has 0 saturated heterocycles. The number of phenolic OH excluding ortho intramolecular Hbond substituents is 1. The second-order valence-electron chi connectivity index (χ2n) is 4.55. The molecule has 0 radical (unpaired) electrons. The fourth-order valence-electron chi connectivity index (χ4n) is 1.86. The highest BCUT2D eigenvalue weighted by Gasteiger charge is 2.09. The van der Waals surface area contributed by atoms with Gasteiger partial charge in [-0.2, -0.15) is 0 Å². The van der Waals surface area contributed by atoms with Crippen LogP contribution in [0.2, 0.25) is 0 Å². The van der Waals surface area contributed by atoms with Crippen LogP contribution in [0.1, 0.15) is 15.9 Å². The third-order valence-corrected chi connectivity index (χ3v) is 3.76. The van der Waals surface area contributed by atoms with E-state index in [1.807, 2.05) is 0 Å². The maximum atomic E-state index is 12.1. The van der Waals surface area contributed by atoms with Crippen LogP contribution in [0.4, 0.5) is 5.69 Å². The zero-order valence-electron chi connectivity index (χ0n) is 12.0. The van der Waals surface area contributed by atoms with Crippen molar-refractivity contribution in [3.8, 4) is 11.5 Å². The number of methoxy groups -OCH3 is 1. The minimum absolute atomic E-state index is 0.0155. The number of ether oxygens (including phenoxy) is 1. The number of nitrogens with zero attached hydrogens (tertiary/aromatic N) is 1. The number of nitro groups is 1. The summed E-state index contributed by atoms with van der Waals surface area (Å²) >= 11 is 3.29. The van der Waals surface area contributed by atoms with Gasteiger partial charge in [-0.15, -0.1) is 0 Å². The van der Waals surface area contributed by atoms with E-state index in [0.717, 1.165) is 0 Å². The second kappa shape index (κ2) is 7.06. The molecule has 0 bridgehead atoms. The Morgan fingerprint density at radius 1 is 1.30 bits per heavy atom. The molecule has 2 rings (SSSR count).